The van der Waals surface area contributed by atoms with E-state index in [2.05, 4.69) is 15.3 Å². The Morgan fingerprint density at radius 2 is 1.24 bits per heavy atom. The molecule has 0 aliphatic carbocycles. The number of anilines is 1. The number of H-pyrrole nitrogens is 2. The lowest BCUT2D eigenvalue weighted by molar-refractivity contribution is -0.383. The van der Waals surface area contributed by atoms with Crippen molar-refractivity contribution in [2.75, 3.05) is 5.32 Å². The number of nitrogens with zero attached hydrogens (tertiary/aromatic N) is 2. The predicted octanol–water partition coefficient (Wildman–Crippen LogP) is 5.02. The van der Waals surface area contributed by atoms with Crippen LogP contribution in [0.4, 0.5) is 17.1 Å². The zero-order valence-electron chi connectivity index (χ0n) is 17.4. The number of ketones is 1. The van der Waals surface area contributed by atoms with Crippen LogP contribution in [0.3, 0.4) is 0 Å². The van der Waals surface area contributed by atoms with Gasteiger partial charge < -0.3 is 15.3 Å². The SMILES string of the molecule is O=C1c2ccccc2NC1(c1c[nH]c2c([N+](=O)[O-])cccc12)c1c[nH]c2c([N+](=O)[O-])cccc12. The normalized spacial score (nSPS) is 14.3. The largest absolute Gasteiger partial charge is 0.365 e. The molecule has 1 aliphatic heterocycles. The quantitative estimate of drug-likeness (QED) is 0.257. The standard InChI is InChI=1S/C24H15N5O5/c30-23-15-5-1-2-8-18(15)27-24(23,16-11-25-21-13(16)6-3-9-19(21)28(31)32)17-12-26-22-14(17)7-4-10-20(22)29(33)34/h1-12,25-27H. The molecule has 166 valence electrons. The van der Waals surface area contributed by atoms with Crippen LogP contribution >= 0.6 is 0 Å². The van der Waals surface area contributed by atoms with Crippen LogP contribution < -0.4 is 5.32 Å². The summed E-state index contributed by atoms with van der Waals surface area (Å²) in [5.41, 5.74) is 0.919. The molecule has 3 aromatic carbocycles. The molecule has 10 heteroatoms. The van der Waals surface area contributed by atoms with E-state index in [9.17, 15) is 25.0 Å². The molecule has 0 unspecified atom stereocenters. The maximum absolute atomic E-state index is 14.1. The number of fused-ring (bicyclic) bond motifs is 3. The number of nitro benzene ring substituents is 2. The first-order chi connectivity index (χ1) is 16.4. The first-order valence-corrected chi connectivity index (χ1v) is 10.4. The van der Waals surface area contributed by atoms with E-state index in [-0.39, 0.29) is 17.2 Å². The van der Waals surface area contributed by atoms with Crippen molar-refractivity contribution >= 4 is 44.7 Å². The first kappa shape index (κ1) is 19.7. The number of non-ortho nitro benzene ring substituents is 2. The lowest BCUT2D eigenvalue weighted by Crippen LogP contribution is -2.39. The predicted molar refractivity (Wildman–Crippen MR) is 125 cm³/mol. The van der Waals surface area contributed by atoms with E-state index in [1.54, 1.807) is 60.9 Å². The Labute approximate surface area is 190 Å². The Bertz CT molecular complexity index is 1590. The minimum Gasteiger partial charge on any atom is -0.365 e. The Kier molecular flexibility index (Phi) is 3.91. The molecule has 0 bridgehead atoms. The number of aromatic nitrogens is 2. The van der Waals surface area contributed by atoms with Gasteiger partial charge in [0.15, 0.2) is 11.3 Å². The number of nitro groups is 2. The fraction of sp³-hybridized carbons (Fsp3) is 0.0417. The highest BCUT2D eigenvalue weighted by Gasteiger charge is 2.51. The number of carbonyl (C=O) groups is 1. The molecule has 0 radical (unpaired) electrons. The Hall–Kier alpha value is -4.99. The third-order valence-electron chi connectivity index (χ3n) is 6.42. The van der Waals surface area contributed by atoms with Crippen LogP contribution in [0.1, 0.15) is 21.5 Å². The molecule has 3 heterocycles. The summed E-state index contributed by atoms with van der Waals surface area (Å²) < 4.78 is 0. The zero-order chi connectivity index (χ0) is 23.6. The fourth-order valence-corrected chi connectivity index (χ4v) is 4.98. The summed E-state index contributed by atoms with van der Waals surface area (Å²) >= 11 is 0. The average molecular weight is 453 g/mol. The summed E-state index contributed by atoms with van der Waals surface area (Å²) in [6.07, 6.45) is 3.18. The van der Waals surface area contributed by atoms with E-state index in [1.807, 2.05) is 0 Å². The molecule has 0 fully saturated rings. The van der Waals surface area contributed by atoms with Gasteiger partial charge in [-0.3, -0.25) is 25.0 Å². The fourth-order valence-electron chi connectivity index (χ4n) is 4.98. The maximum Gasteiger partial charge on any atom is 0.293 e. The molecule has 0 atom stereocenters. The van der Waals surface area contributed by atoms with Crippen molar-refractivity contribution in [2.45, 2.75) is 5.54 Å². The lowest BCUT2D eigenvalue weighted by Gasteiger charge is -2.28. The van der Waals surface area contributed by atoms with Gasteiger partial charge in [-0.2, -0.15) is 0 Å². The van der Waals surface area contributed by atoms with Crippen LogP contribution in [-0.4, -0.2) is 25.6 Å². The number of carbonyl (C=O) groups excluding carboxylic acids is 1. The summed E-state index contributed by atoms with van der Waals surface area (Å²) in [4.78, 5) is 42.3. The number of hydrogen-bond acceptors (Lipinski definition) is 6. The molecular formula is C24H15N5O5. The molecule has 3 N–H and O–H groups in total. The van der Waals surface area contributed by atoms with Crippen LogP contribution in [0.5, 0.6) is 0 Å². The highest BCUT2D eigenvalue weighted by molar-refractivity contribution is 6.19. The molecule has 34 heavy (non-hydrogen) atoms. The number of benzene rings is 3. The number of para-hydroxylation sites is 3. The maximum atomic E-state index is 14.1. The third-order valence-corrected chi connectivity index (χ3v) is 6.42. The van der Waals surface area contributed by atoms with E-state index < -0.39 is 15.4 Å². The summed E-state index contributed by atoms with van der Waals surface area (Å²) in [6, 6.07) is 16.4. The Morgan fingerprint density at radius 1 is 0.706 bits per heavy atom. The number of nitrogens with one attached hydrogen (secondary N) is 3. The van der Waals surface area contributed by atoms with Gasteiger partial charge in [-0.15, -0.1) is 0 Å². The van der Waals surface area contributed by atoms with Crippen molar-refractivity contribution in [1.29, 1.82) is 0 Å². The minimum atomic E-state index is -1.47. The second kappa shape index (κ2) is 6.75. The third kappa shape index (κ3) is 2.41. The van der Waals surface area contributed by atoms with E-state index in [1.165, 1.54) is 12.1 Å². The van der Waals surface area contributed by atoms with Crippen molar-refractivity contribution < 1.29 is 14.6 Å². The topological polar surface area (TPSA) is 147 Å². The second-order valence-corrected chi connectivity index (χ2v) is 8.07. The van der Waals surface area contributed by atoms with Gasteiger partial charge in [0.25, 0.3) is 11.4 Å². The van der Waals surface area contributed by atoms with Crippen molar-refractivity contribution in [2.24, 2.45) is 0 Å². The monoisotopic (exact) mass is 453 g/mol. The van der Waals surface area contributed by atoms with Gasteiger partial charge in [0.1, 0.15) is 11.0 Å². The number of rotatable bonds is 4. The first-order valence-electron chi connectivity index (χ1n) is 10.4. The Balaban J connectivity index is 1.71. The summed E-state index contributed by atoms with van der Waals surface area (Å²) in [6.45, 7) is 0. The Morgan fingerprint density at radius 3 is 1.74 bits per heavy atom. The zero-order valence-corrected chi connectivity index (χ0v) is 17.4. The van der Waals surface area contributed by atoms with E-state index in [0.717, 1.165) is 0 Å². The number of Topliss-reactive ketones (excluding diaryl/α,β-unsaturated/α-hetero) is 1. The van der Waals surface area contributed by atoms with Crippen molar-refractivity contribution in [3.05, 3.63) is 110 Å². The van der Waals surface area contributed by atoms with Gasteiger partial charge in [-0.25, -0.2) is 0 Å². The lowest BCUT2D eigenvalue weighted by atomic mass is 9.79. The number of hydrogen-bond donors (Lipinski definition) is 3. The van der Waals surface area contributed by atoms with Gasteiger partial charge in [0.05, 0.1) is 9.85 Å². The molecule has 1 aliphatic rings. The molecule has 5 aromatic rings. The summed E-state index contributed by atoms with van der Waals surface area (Å²) in [5, 5.41) is 27.6. The van der Waals surface area contributed by atoms with Gasteiger partial charge >= 0.3 is 0 Å². The second-order valence-electron chi connectivity index (χ2n) is 8.07. The van der Waals surface area contributed by atoms with E-state index in [4.69, 9.17) is 0 Å². The molecule has 0 amide bonds. The van der Waals surface area contributed by atoms with Gasteiger partial charge in [0, 0.05) is 57.7 Å². The summed E-state index contributed by atoms with van der Waals surface area (Å²) in [7, 11) is 0. The van der Waals surface area contributed by atoms with Gasteiger partial charge in [-0.1, -0.05) is 36.4 Å². The van der Waals surface area contributed by atoms with Crippen LogP contribution in [-0.2, 0) is 5.54 Å². The van der Waals surface area contributed by atoms with Crippen molar-refractivity contribution in [1.82, 2.24) is 9.97 Å². The average Bonchev–Trinajstić information content (AvgIpc) is 3.53. The molecular weight excluding hydrogens is 438 g/mol. The van der Waals surface area contributed by atoms with E-state index in [0.29, 0.717) is 44.2 Å². The number of aromatic amines is 2. The minimum absolute atomic E-state index is 0.114. The van der Waals surface area contributed by atoms with Crippen LogP contribution in [0, 0.1) is 20.2 Å². The molecule has 0 saturated carbocycles. The highest BCUT2D eigenvalue weighted by Crippen LogP contribution is 2.49. The smallest absolute Gasteiger partial charge is 0.293 e. The highest BCUT2D eigenvalue weighted by atomic mass is 16.6. The van der Waals surface area contributed by atoms with Crippen molar-refractivity contribution in [3.63, 3.8) is 0 Å². The van der Waals surface area contributed by atoms with Crippen molar-refractivity contribution in [3.8, 4) is 0 Å². The van der Waals surface area contributed by atoms with E-state index >= 15 is 0 Å². The van der Waals surface area contributed by atoms with Crippen LogP contribution in [0.2, 0.25) is 0 Å². The molecule has 0 saturated heterocycles. The van der Waals surface area contributed by atoms with Gasteiger partial charge in [0.2, 0.25) is 0 Å². The van der Waals surface area contributed by atoms with Gasteiger partial charge in [-0.05, 0) is 12.1 Å². The molecule has 2 aromatic heterocycles. The van der Waals surface area contributed by atoms with Crippen LogP contribution in [0.25, 0.3) is 21.8 Å². The van der Waals surface area contributed by atoms with Crippen LogP contribution in [0.15, 0.2) is 73.1 Å². The molecule has 10 nitrogen and oxygen atoms in total. The molecule has 6 rings (SSSR count). The summed E-state index contributed by atoms with van der Waals surface area (Å²) in [5.74, 6) is -0.261. The molecule has 0 spiro atoms.